The van der Waals surface area contributed by atoms with Gasteiger partial charge in [-0.2, -0.15) is 0 Å². The van der Waals surface area contributed by atoms with Crippen LogP contribution in [0, 0.1) is 0 Å². The highest BCUT2D eigenvalue weighted by Crippen LogP contribution is 2.16. The summed E-state index contributed by atoms with van der Waals surface area (Å²) >= 11 is 0. The summed E-state index contributed by atoms with van der Waals surface area (Å²) in [6.45, 7) is 5.06. The Morgan fingerprint density at radius 2 is 1.50 bits per heavy atom. The Morgan fingerprint density at radius 3 is 2.17 bits per heavy atom. The van der Waals surface area contributed by atoms with Crippen LogP contribution in [0.3, 0.4) is 0 Å². The van der Waals surface area contributed by atoms with Gasteiger partial charge in [0.15, 0.2) is 0 Å². The summed E-state index contributed by atoms with van der Waals surface area (Å²) in [5.74, 6) is 0.946. The summed E-state index contributed by atoms with van der Waals surface area (Å²) in [4.78, 5) is 0. The van der Waals surface area contributed by atoms with Crippen LogP contribution in [0.1, 0.15) is 62.6 Å². The molecule has 0 aliphatic carbocycles. The lowest BCUT2D eigenvalue weighted by molar-refractivity contribution is 0.306. The number of hydrogen-bond acceptors (Lipinski definition) is 1. The summed E-state index contributed by atoms with van der Waals surface area (Å²) in [7, 11) is 0. The molecule has 2 aromatic carbocycles. The second-order valence-electron chi connectivity index (χ2n) is 6.32. The van der Waals surface area contributed by atoms with Gasteiger partial charge in [0.05, 0.1) is 0 Å². The van der Waals surface area contributed by atoms with E-state index in [0.29, 0.717) is 6.61 Å². The Bertz CT molecular complexity index is 593. The van der Waals surface area contributed by atoms with E-state index in [9.17, 15) is 0 Å². The SMILES string of the molecule is CCC/C=C/c1ccc(COc2ccc(CCCCC)cc2)cc1. The van der Waals surface area contributed by atoms with Gasteiger partial charge in [-0.1, -0.05) is 81.7 Å². The van der Waals surface area contributed by atoms with Crippen molar-refractivity contribution in [3.8, 4) is 5.75 Å². The van der Waals surface area contributed by atoms with E-state index in [-0.39, 0.29) is 0 Å². The molecule has 0 heterocycles. The highest BCUT2D eigenvalue weighted by atomic mass is 16.5. The average Bonchev–Trinajstić information content (AvgIpc) is 2.63. The van der Waals surface area contributed by atoms with Crippen molar-refractivity contribution in [2.45, 2.75) is 59.0 Å². The minimum absolute atomic E-state index is 0.619. The van der Waals surface area contributed by atoms with Gasteiger partial charge in [-0.3, -0.25) is 0 Å². The number of aryl methyl sites for hydroxylation is 1. The smallest absolute Gasteiger partial charge is 0.119 e. The van der Waals surface area contributed by atoms with E-state index < -0.39 is 0 Å². The van der Waals surface area contributed by atoms with Crippen molar-refractivity contribution >= 4 is 6.08 Å². The molecule has 2 rings (SSSR count). The van der Waals surface area contributed by atoms with Gasteiger partial charge in [0.2, 0.25) is 0 Å². The third-order valence-corrected chi connectivity index (χ3v) is 4.14. The molecule has 0 amide bonds. The summed E-state index contributed by atoms with van der Waals surface area (Å²) in [6, 6.07) is 17.1. The van der Waals surface area contributed by atoms with Gasteiger partial charge in [-0.15, -0.1) is 0 Å². The zero-order valence-corrected chi connectivity index (χ0v) is 15.1. The zero-order valence-electron chi connectivity index (χ0n) is 15.1. The number of rotatable bonds is 10. The highest BCUT2D eigenvalue weighted by Gasteiger charge is 1.98. The third kappa shape index (κ3) is 6.62. The highest BCUT2D eigenvalue weighted by molar-refractivity contribution is 5.49. The summed E-state index contributed by atoms with van der Waals surface area (Å²) < 4.78 is 5.89. The number of unbranched alkanes of at least 4 members (excludes halogenated alkanes) is 3. The molecule has 2 aromatic rings. The van der Waals surface area contributed by atoms with E-state index in [1.54, 1.807) is 0 Å². The molecule has 0 fully saturated rings. The molecule has 0 saturated heterocycles. The molecule has 0 unspecified atom stereocenters. The molecule has 0 radical (unpaired) electrons. The first-order valence-electron chi connectivity index (χ1n) is 9.29. The Hall–Kier alpha value is -2.02. The molecule has 0 aliphatic rings. The Balaban J connectivity index is 1.80. The maximum atomic E-state index is 5.89. The number of ether oxygens (including phenoxy) is 1. The second-order valence-corrected chi connectivity index (χ2v) is 6.32. The minimum Gasteiger partial charge on any atom is -0.489 e. The molecule has 128 valence electrons. The molecule has 0 bridgehead atoms. The lowest BCUT2D eigenvalue weighted by Gasteiger charge is -2.08. The Kier molecular flexibility index (Phi) is 8.17. The largest absolute Gasteiger partial charge is 0.489 e. The first kappa shape index (κ1) is 18.3. The van der Waals surface area contributed by atoms with Crippen molar-refractivity contribution in [2.24, 2.45) is 0 Å². The quantitative estimate of drug-likeness (QED) is 0.436. The molecule has 24 heavy (non-hydrogen) atoms. The monoisotopic (exact) mass is 322 g/mol. The molecule has 0 atom stereocenters. The normalized spacial score (nSPS) is 11.1. The maximum absolute atomic E-state index is 5.89. The predicted octanol–water partition coefficient (Wildman–Crippen LogP) is 6.81. The summed E-state index contributed by atoms with van der Waals surface area (Å²) in [5, 5.41) is 0. The van der Waals surface area contributed by atoms with E-state index in [1.165, 1.54) is 48.8 Å². The van der Waals surface area contributed by atoms with Gasteiger partial charge in [-0.25, -0.2) is 0 Å². The van der Waals surface area contributed by atoms with Crippen molar-refractivity contribution in [2.75, 3.05) is 0 Å². The summed E-state index contributed by atoms with van der Waals surface area (Å²) in [5.41, 5.74) is 3.86. The van der Waals surface area contributed by atoms with Crippen LogP contribution in [0.4, 0.5) is 0 Å². The molecule has 0 aliphatic heterocycles. The van der Waals surface area contributed by atoms with Crippen molar-refractivity contribution in [3.63, 3.8) is 0 Å². The van der Waals surface area contributed by atoms with Crippen LogP contribution in [0.2, 0.25) is 0 Å². The molecule has 1 nitrogen and oxygen atoms in total. The van der Waals surface area contributed by atoms with Crippen molar-refractivity contribution in [3.05, 3.63) is 71.3 Å². The van der Waals surface area contributed by atoms with Crippen LogP contribution in [0.15, 0.2) is 54.6 Å². The number of allylic oxidation sites excluding steroid dienone is 1. The first-order valence-corrected chi connectivity index (χ1v) is 9.29. The molecule has 0 N–H and O–H groups in total. The predicted molar refractivity (Wildman–Crippen MR) is 104 cm³/mol. The topological polar surface area (TPSA) is 9.23 Å². The molecule has 0 saturated carbocycles. The van der Waals surface area contributed by atoms with Crippen molar-refractivity contribution < 1.29 is 4.74 Å². The zero-order chi connectivity index (χ0) is 17.0. The van der Waals surface area contributed by atoms with Gasteiger partial charge in [0, 0.05) is 0 Å². The van der Waals surface area contributed by atoms with Crippen LogP contribution in [-0.2, 0) is 13.0 Å². The molecule has 0 spiro atoms. The fourth-order valence-corrected chi connectivity index (χ4v) is 2.61. The van der Waals surface area contributed by atoms with Gasteiger partial charge in [-0.05, 0) is 48.1 Å². The third-order valence-electron chi connectivity index (χ3n) is 4.14. The van der Waals surface area contributed by atoms with E-state index in [2.05, 4.69) is 74.5 Å². The van der Waals surface area contributed by atoms with Gasteiger partial charge < -0.3 is 4.74 Å². The van der Waals surface area contributed by atoms with E-state index in [1.807, 2.05) is 0 Å². The molecular weight excluding hydrogens is 292 g/mol. The maximum Gasteiger partial charge on any atom is 0.119 e. The van der Waals surface area contributed by atoms with Crippen LogP contribution in [0.5, 0.6) is 5.75 Å². The number of hydrogen-bond donors (Lipinski definition) is 0. The van der Waals surface area contributed by atoms with E-state index in [4.69, 9.17) is 4.74 Å². The van der Waals surface area contributed by atoms with E-state index >= 15 is 0 Å². The Morgan fingerprint density at radius 1 is 0.792 bits per heavy atom. The first-order chi connectivity index (χ1) is 11.8. The van der Waals surface area contributed by atoms with Gasteiger partial charge >= 0.3 is 0 Å². The molecule has 1 heteroatoms. The van der Waals surface area contributed by atoms with Crippen molar-refractivity contribution in [1.82, 2.24) is 0 Å². The average molecular weight is 322 g/mol. The Labute approximate surface area is 147 Å². The van der Waals surface area contributed by atoms with Crippen molar-refractivity contribution in [1.29, 1.82) is 0 Å². The van der Waals surface area contributed by atoms with Crippen LogP contribution in [-0.4, -0.2) is 0 Å². The van der Waals surface area contributed by atoms with Gasteiger partial charge in [0.1, 0.15) is 12.4 Å². The van der Waals surface area contributed by atoms with Gasteiger partial charge in [0.25, 0.3) is 0 Å². The van der Waals surface area contributed by atoms with Crippen LogP contribution < -0.4 is 4.74 Å². The standard InChI is InChI=1S/C23H30O/c1-3-5-7-9-20-11-13-22(14-12-20)19-24-23-17-15-21(16-18-23)10-8-6-4-2/h7,9,11-18H,3-6,8,10,19H2,1-2H3/b9-7+. The summed E-state index contributed by atoms with van der Waals surface area (Å²) in [6.07, 6.45) is 11.8. The fourth-order valence-electron chi connectivity index (χ4n) is 2.61. The minimum atomic E-state index is 0.619. The number of benzene rings is 2. The van der Waals surface area contributed by atoms with E-state index in [0.717, 1.165) is 12.2 Å². The van der Waals surface area contributed by atoms with Crippen LogP contribution in [0.25, 0.3) is 6.08 Å². The van der Waals surface area contributed by atoms with Crippen LogP contribution >= 0.6 is 0 Å². The molecule has 0 aromatic heterocycles. The fraction of sp³-hybridized carbons (Fsp3) is 0.391. The molecular formula is C23H30O. The second kappa shape index (κ2) is 10.7. The lowest BCUT2D eigenvalue weighted by Crippen LogP contribution is -1.95. The lowest BCUT2D eigenvalue weighted by atomic mass is 10.1.